The highest BCUT2D eigenvalue weighted by Gasteiger charge is 2.22. The zero-order valence-corrected chi connectivity index (χ0v) is 19.9. The maximum absolute atomic E-state index is 13.8. The number of rotatable bonds is 7. The lowest BCUT2D eigenvalue weighted by molar-refractivity contribution is 0.300. The molecule has 170 valence electrons. The van der Waals surface area contributed by atoms with Crippen LogP contribution in [0.4, 0.5) is 0 Å². The third kappa shape index (κ3) is 4.40. The van der Waals surface area contributed by atoms with Crippen molar-refractivity contribution in [2.75, 3.05) is 13.7 Å². The molecule has 0 aliphatic heterocycles. The molecule has 2 aromatic carbocycles. The summed E-state index contributed by atoms with van der Waals surface area (Å²) < 4.78 is 13.0. The van der Waals surface area contributed by atoms with Gasteiger partial charge in [0.05, 0.1) is 19.1 Å². The quantitative estimate of drug-likeness (QED) is 0.328. The van der Waals surface area contributed by atoms with Crippen molar-refractivity contribution in [2.45, 2.75) is 45.6 Å². The summed E-state index contributed by atoms with van der Waals surface area (Å²) in [6.45, 7) is 3.15. The van der Waals surface area contributed by atoms with Crippen LogP contribution in [0.15, 0.2) is 53.3 Å². The molecule has 0 saturated carbocycles. The molecule has 4 aromatic rings. The summed E-state index contributed by atoms with van der Waals surface area (Å²) in [5, 5.41) is 0.835. The van der Waals surface area contributed by atoms with Crippen LogP contribution in [0, 0.1) is 6.92 Å². The first-order valence-electron chi connectivity index (χ1n) is 11.5. The van der Waals surface area contributed by atoms with Gasteiger partial charge in [0, 0.05) is 17.0 Å². The van der Waals surface area contributed by atoms with Gasteiger partial charge >= 0.3 is 0 Å². The number of nitrogens with zero attached hydrogens (tertiary/aromatic N) is 2. The highest BCUT2D eigenvalue weighted by Crippen LogP contribution is 2.35. The van der Waals surface area contributed by atoms with Gasteiger partial charge in [-0.05, 0) is 74.9 Å². The lowest BCUT2D eigenvalue weighted by Gasteiger charge is -2.15. The molecule has 0 saturated heterocycles. The Labute approximate surface area is 197 Å². The second-order valence-electron chi connectivity index (χ2n) is 8.53. The van der Waals surface area contributed by atoms with Gasteiger partial charge in [-0.1, -0.05) is 23.8 Å². The number of methoxy groups -OCH3 is 1. The van der Waals surface area contributed by atoms with E-state index < -0.39 is 0 Å². The first-order chi connectivity index (χ1) is 16.1. The van der Waals surface area contributed by atoms with E-state index in [0.717, 1.165) is 57.9 Å². The van der Waals surface area contributed by atoms with Crippen LogP contribution in [0.1, 0.15) is 35.3 Å². The van der Waals surface area contributed by atoms with Gasteiger partial charge in [0.2, 0.25) is 0 Å². The maximum atomic E-state index is 13.8. The molecule has 2 aromatic heterocycles. The minimum Gasteiger partial charge on any atom is -0.497 e. The van der Waals surface area contributed by atoms with Crippen molar-refractivity contribution < 1.29 is 9.47 Å². The van der Waals surface area contributed by atoms with Crippen LogP contribution >= 0.6 is 11.3 Å². The average Bonchev–Trinajstić information content (AvgIpc) is 3.22. The summed E-state index contributed by atoms with van der Waals surface area (Å²) in [6.07, 6.45) is 5.10. The largest absolute Gasteiger partial charge is 0.497 e. The molecule has 1 aliphatic carbocycles. The second kappa shape index (κ2) is 9.40. The summed E-state index contributed by atoms with van der Waals surface area (Å²) in [6, 6.07) is 15.8. The highest BCUT2D eigenvalue weighted by molar-refractivity contribution is 7.18. The molecule has 0 fully saturated rings. The van der Waals surface area contributed by atoms with Crippen molar-refractivity contribution in [3.63, 3.8) is 0 Å². The molecule has 0 atom stereocenters. The van der Waals surface area contributed by atoms with E-state index in [-0.39, 0.29) is 5.56 Å². The number of ether oxygens (including phenoxy) is 2. The summed E-state index contributed by atoms with van der Waals surface area (Å²) in [7, 11) is 1.65. The zero-order valence-electron chi connectivity index (χ0n) is 19.1. The Bertz CT molecular complexity index is 1340. The van der Waals surface area contributed by atoms with Crippen molar-refractivity contribution in [1.82, 2.24) is 9.55 Å². The van der Waals surface area contributed by atoms with Crippen molar-refractivity contribution in [2.24, 2.45) is 0 Å². The third-order valence-corrected chi connectivity index (χ3v) is 7.39. The molecule has 5 nitrogen and oxygen atoms in total. The molecule has 0 bridgehead atoms. The van der Waals surface area contributed by atoms with E-state index in [4.69, 9.17) is 14.5 Å². The van der Waals surface area contributed by atoms with Crippen LogP contribution in [0.25, 0.3) is 21.6 Å². The fourth-order valence-corrected chi connectivity index (χ4v) is 5.79. The molecule has 6 heteroatoms. The van der Waals surface area contributed by atoms with Crippen LogP contribution in [0.5, 0.6) is 11.5 Å². The Balaban J connectivity index is 1.46. The predicted octanol–water partition coefficient (Wildman–Crippen LogP) is 5.79. The number of thiophene rings is 1. The van der Waals surface area contributed by atoms with Gasteiger partial charge in [-0.25, -0.2) is 4.98 Å². The molecule has 33 heavy (non-hydrogen) atoms. The van der Waals surface area contributed by atoms with Crippen LogP contribution in [-0.2, 0) is 19.4 Å². The Morgan fingerprint density at radius 1 is 1.06 bits per heavy atom. The standard InChI is InChI=1S/C27H28N2O3S/c1-18-7-5-8-19(17-18)25-28-26-24(22-9-3-4-10-23(22)33-26)27(30)29(25)15-6-16-32-21-13-11-20(31-2)12-14-21/h5,7-8,11-14,17H,3-4,6,9-10,15-16H2,1-2H3. The van der Waals surface area contributed by atoms with Crippen LogP contribution in [-0.4, -0.2) is 23.3 Å². The molecule has 1 aliphatic rings. The van der Waals surface area contributed by atoms with E-state index >= 15 is 0 Å². The van der Waals surface area contributed by atoms with Crippen LogP contribution in [0.2, 0.25) is 0 Å². The third-order valence-electron chi connectivity index (χ3n) is 6.21. The topological polar surface area (TPSA) is 53.4 Å². The normalized spacial score (nSPS) is 13.2. The molecule has 0 amide bonds. The van der Waals surface area contributed by atoms with Gasteiger partial charge in [-0.15, -0.1) is 11.3 Å². The molecule has 5 rings (SSSR count). The van der Waals surface area contributed by atoms with Crippen LogP contribution in [0.3, 0.4) is 0 Å². The van der Waals surface area contributed by atoms with E-state index in [0.29, 0.717) is 19.6 Å². The van der Waals surface area contributed by atoms with E-state index in [9.17, 15) is 4.79 Å². The average molecular weight is 461 g/mol. The minimum absolute atomic E-state index is 0.0837. The Morgan fingerprint density at radius 2 is 1.85 bits per heavy atom. The van der Waals surface area contributed by atoms with Gasteiger partial charge < -0.3 is 9.47 Å². The fraction of sp³-hybridized carbons (Fsp3) is 0.333. The van der Waals surface area contributed by atoms with Gasteiger partial charge in [-0.2, -0.15) is 0 Å². The summed E-state index contributed by atoms with van der Waals surface area (Å²) in [4.78, 5) is 21.0. The number of fused-ring (bicyclic) bond motifs is 3. The van der Waals surface area contributed by atoms with Crippen LogP contribution < -0.4 is 15.0 Å². The van der Waals surface area contributed by atoms with Gasteiger partial charge in [0.1, 0.15) is 22.2 Å². The maximum Gasteiger partial charge on any atom is 0.262 e. The van der Waals surface area contributed by atoms with Crippen molar-refractivity contribution in [3.05, 3.63) is 74.9 Å². The second-order valence-corrected chi connectivity index (χ2v) is 9.61. The smallest absolute Gasteiger partial charge is 0.262 e. The first-order valence-corrected chi connectivity index (χ1v) is 12.3. The number of benzene rings is 2. The SMILES string of the molecule is COc1ccc(OCCCn2c(-c3cccc(C)c3)nc3sc4c(c3c2=O)CCCC4)cc1. The molecule has 0 N–H and O–H groups in total. The van der Waals surface area contributed by atoms with Crippen molar-refractivity contribution in [1.29, 1.82) is 0 Å². The zero-order chi connectivity index (χ0) is 22.8. The van der Waals surface area contributed by atoms with E-state index in [1.165, 1.54) is 16.9 Å². The van der Waals surface area contributed by atoms with E-state index in [1.54, 1.807) is 18.4 Å². The molecular formula is C27H28N2O3S. The Hall–Kier alpha value is -3.12. The van der Waals surface area contributed by atoms with Gasteiger partial charge in [0.25, 0.3) is 5.56 Å². The Kier molecular flexibility index (Phi) is 6.18. The Morgan fingerprint density at radius 3 is 2.64 bits per heavy atom. The number of aryl methyl sites for hydroxylation is 3. The van der Waals surface area contributed by atoms with Crippen molar-refractivity contribution in [3.8, 4) is 22.9 Å². The molecular weight excluding hydrogens is 432 g/mol. The minimum atomic E-state index is 0.0837. The van der Waals surface area contributed by atoms with Gasteiger partial charge in [-0.3, -0.25) is 9.36 Å². The van der Waals surface area contributed by atoms with E-state index in [1.807, 2.05) is 41.0 Å². The number of hydrogen-bond donors (Lipinski definition) is 0. The molecule has 0 spiro atoms. The molecule has 2 heterocycles. The monoisotopic (exact) mass is 460 g/mol. The lowest BCUT2D eigenvalue weighted by Crippen LogP contribution is -2.25. The summed E-state index contributed by atoms with van der Waals surface area (Å²) in [5.41, 5.74) is 3.45. The highest BCUT2D eigenvalue weighted by atomic mass is 32.1. The predicted molar refractivity (Wildman–Crippen MR) is 134 cm³/mol. The van der Waals surface area contributed by atoms with Crippen molar-refractivity contribution >= 4 is 21.6 Å². The first kappa shape index (κ1) is 21.7. The fourth-order valence-electron chi connectivity index (χ4n) is 4.54. The van der Waals surface area contributed by atoms with Gasteiger partial charge in [0.15, 0.2) is 0 Å². The van der Waals surface area contributed by atoms with E-state index in [2.05, 4.69) is 19.1 Å². The molecule has 0 radical (unpaired) electrons. The number of hydrogen-bond acceptors (Lipinski definition) is 5. The lowest BCUT2D eigenvalue weighted by atomic mass is 9.97. The summed E-state index contributed by atoms with van der Waals surface area (Å²) >= 11 is 1.70. The number of aromatic nitrogens is 2. The molecule has 0 unspecified atom stereocenters. The summed E-state index contributed by atoms with van der Waals surface area (Å²) in [5.74, 6) is 2.34.